The fraction of sp³-hybridized carbons (Fsp3) is 0.200. The van der Waals surface area contributed by atoms with E-state index in [1.54, 1.807) is 6.08 Å². The number of hydrogen-bond donors (Lipinski definition) is 0. The third-order valence-electron chi connectivity index (χ3n) is 10.7. The van der Waals surface area contributed by atoms with Crippen molar-refractivity contribution in [3.05, 3.63) is 163 Å². The Hall–Kier alpha value is -4.90. The Kier molecular flexibility index (Phi) is 8.14. The van der Waals surface area contributed by atoms with Crippen molar-refractivity contribution in [1.82, 2.24) is 0 Å². The largest absolute Gasteiger partial charge is 0.494 e. The van der Waals surface area contributed by atoms with Gasteiger partial charge in [-0.15, -0.1) is 0 Å². The second-order valence-electron chi connectivity index (χ2n) is 14.6. The minimum absolute atomic E-state index is 0.221. The van der Waals surface area contributed by atoms with E-state index in [-0.39, 0.29) is 16.6 Å². The molecule has 0 radical (unpaired) electrons. The first-order valence-corrected chi connectivity index (χ1v) is 17.1. The molecule has 1 aliphatic carbocycles. The van der Waals surface area contributed by atoms with Crippen molar-refractivity contribution < 1.29 is 9.31 Å². The first kappa shape index (κ1) is 32.6. The Labute approximate surface area is 292 Å². The van der Waals surface area contributed by atoms with Gasteiger partial charge in [-0.1, -0.05) is 124 Å². The average Bonchev–Trinajstić information content (AvgIpc) is 3.47. The van der Waals surface area contributed by atoms with E-state index in [1.807, 2.05) is 12.2 Å². The maximum atomic E-state index is 6.44. The van der Waals surface area contributed by atoms with Crippen LogP contribution in [-0.2, 0) is 14.7 Å². The molecule has 0 aromatic heterocycles. The molecule has 1 fully saturated rings. The molecule has 7 rings (SSSR count). The molecule has 5 aromatic rings. The highest BCUT2D eigenvalue weighted by Gasteiger charge is 2.52. The predicted molar refractivity (Wildman–Crippen MR) is 208 cm³/mol. The number of nitrogens with zero attached hydrogens (tertiary/aromatic N) is 1. The molecule has 0 saturated carbocycles. The van der Waals surface area contributed by atoms with Gasteiger partial charge in [0.25, 0.3) is 0 Å². The SMILES string of the molecule is C=C/C=C(\C=C)c1ccc(N(c2ccc(-c3ccccc3)cc2)c2ccc3c(c2)C(C)(C)c2cc(B4OC(C)(C)C(C)(C)O4)ccc2-3)cc1. The van der Waals surface area contributed by atoms with Crippen LogP contribution in [0.15, 0.2) is 147 Å². The minimum atomic E-state index is -0.398. The van der Waals surface area contributed by atoms with Gasteiger partial charge in [-0.3, -0.25) is 0 Å². The summed E-state index contributed by atoms with van der Waals surface area (Å²) in [6.45, 7) is 20.9. The van der Waals surface area contributed by atoms with Crippen LogP contribution in [0.5, 0.6) is 0 Å². The first-order chi connectivity index (χ1) is 23.4. The quantitative estimate of drug-likeness (QED) is 0.124. The molecule has 0 atom stereocenters. The molecule has 3 nitrogen and oxygen atoms in total. The zero-order valence-electron chi connectivity index (χ0n) is 29.5. The van der Waals surface area contributed by atoms with E-state index >= 15 is 0 Å². The average molecular weight is 642 g/mol. The van der Waals surface area contributed by atoms with E-state index in [0.29, 0.717) is 0 Å². The van der Waals surface area contributed by atoms with Gasteiger partial charge in [-0.2, -0.15) is 0 Å². The summed E-state index contributed by atoms with van der Waals surface area (Å²) in [5.74, 6) is 0. The van der Waals surface area contributed by atoms with Crippen molar-refractivity contribution in [3.8, 4) is 22.3 Å². The Bertz CT molecular complexity index is 2060. The number of allylic oxidation sites excluding steroid dienone is 4. The van der Waals surface area contributed by atoms with Gasteiger partial charge in [0.05, 0.1) is 11.2 Å². The summed E-state index contributed by atoms with van der Waals surface area (Å²) in [6, 6.07) is 41.7. The van der Waals surface area contributed by atoms with E-state index < -0.39 is 7.12 Å². The molecule has 2 aliphatic rings. The summed E-state index contributed by atoms with van der Waals surface area (Å²) >= 11 is 0. The maximum absolute atomic E-state index is 6.44. The highest BCUT2D eigenvalue weighted by atomic mass is 16.7. The molecule has 1 saturated heterocycles. The van der Waals surface area contributed by atoms with Gasteiger partial charge >= 0.3 is 7.12 Å². The number of hydrogen-bond acceptors (Lipinski definition) is 3. The van der Waals surface area contributed by atoms with Crippen molar-refractivity contribution in [2.45, 2.75) is 58.2 Å². The van der Waals surface area contributed by atoms with Gasteiger partial charge in [0.1, 0.15) is 0 Å². The Morgan fingerprint density at radius 2 is 1.14 bits per heavy atom. The van der Waals surface area contributed by atoms with Crippen LogP contribution < -0.4 is 10.4 Å². The second-order valence-corrected chi connectivity index (χ2v) is 14.6. The zero-order chi connectivity index (χ0) is 34.6. The summed E-state index contributed by atoms with van der Waals surface area (Å²) in [6.07, 6.45) is 5.66. The van der Waals surface area contributed by atoms with Gasteiger partial charge in [0.15, 0.2) is 0 Å². The summed E-state index contributed by atoms with van der Waals surface area (Å²) in [7, 11) is -0.398. The van der Waals surface area contributed by atoms with Crippen molar-refractivity contribution in [1.29, 1.82) is 0 Å². The van der Waals surface area contributed by atoms with Crippen LogP contribution in [0, 0.1) is 0 Å². The lowest BCUT2D eigenvalue weighted by molar-refractivity contribution is 0.00578. The van der Waals surface area contributed by atoms with Crippen LogP contribution >= 0.6 is 0 Å². The summed E-state index contributed by atoms with van der Waals surface area (Å²) in [5.41, 5.74) is 13.0. The smallest absolute Gasteiger partial charge is 0.399 e. The molecule has 49 heavy (non-hydrogen) atoms. The number of anilines is 3. The highest BCUT2D eigenvalue weighted by molar-refractivity contribution is 6.62. The second kappa shape index (κ2) is 12.2. The minimum Gasteiger partial charge on any atom is -0.399 e. The molecule has 0 N–H and O–H groups in total. The fourth-order valence-electron chi connectivity index (χ4n) is 7.10. The van der Waals surface area contributed by atoms with Crippen LogP contribution in [0.2, 0.25) is 0 Å². The molecule has 1 heterocycles. The summed E-state index contributed by atoms with van der Waals surface area (Å²) in [4.78, 5) is 2.35. The molecule has 5 aromatic carbocycles. The molecule has 0 amide bonds. The third-order valence-corrected chi connectivity index (χ3v) is 10.7. The topological polar surface area (TPSA) is 21.7 Å². The van der Waals surface area contributed by atoms with Crippen LogP contribution in [0.1, 0.15) is 58.2 Å². The van der Waals surface area contributed by atoms with Gasteiger partial charge in [0, 0.05) is 22.5 Å². The van der Waals surface area contributed by atoms with Gasteiger partial charge < -0.3 is 14.2 Å². The van der Waals surface area contributed by atoms with Crippen molar-refractivity contribution >= 4 is 35.2 Å². The Morgan fingerprint density at radius 1 is 0.612 bits per heavy atom. The Morgan fingerprint density at radius 3 is 1.73 bits per heavy atom. The van der Waals surface area contributed by atoms with Crippen LogP contribution in [0.3, 0.4) is 0 Å². The standard InChI is InChI=1S/C45H44BNO2/c1-9-14-31(10-2)33-17-22-36(23-18-33)47(37-24-19-34(20-25-37)32-15-12-11-13-16-32)38-26-28-40-39-27-21-35(29-41(39)43(3,4)42(40)30-38)46-48-44(5,6)45(7,8)49-46/h9-30H,1-2H2,3-8H3/b31-14+. The van der Waals surface area contributed by atoms with Gasteiger partial charge in [-0.25, -0.2) is 0 Å². The van der Waals surface area contributed by atoms with Crippen molar-refractivity contribution in [2.24, 2.45) is 0 Å². The summed E-state index contributed by atoms with van der Waals surface area (Å²) < 4.78 is 12.9. The van der Waals surface area contributed by atoms with Crippen molar-refractivity contribution in [2.75, 3.05) is 4.90 Å². The van der Waals surface area contributed by atoms with E-state index in [4.69, 9.17) is 9.31 Å². The maximum Gasteiger partial charge on any atom is 0.494 e. The van der Waals surface area contributed by atoms with Crippen molar-refractivity contribution in [3.63, 3.8) is 0 Å². The molecular weight excluding hydrogens is 597 g/mol. The fourth-order valence-corrected chi connectivity index (χ4v) is 7.10. The van der Waals surface area contributed by atoms with Crippen LogP contribution in [0.25, 0.3) is 27.8 Å². The molecule has 0 unspecified atom stereocenters. The number of fused-ring (bicyclic) bond motifs is 3. The monoisotopic (exact) mass is 641 g/mol. The first-order valence-electron chi connectivity index (χ1n) is 17.1. The lowest BCUT2D eigenvalue weighted by Crippen LogP contribution is -2.41. The van der Waals surface area contributed by atoms with Crippen LogP contribution in [-0.4, -0.2) is 18.3 Å². The molecular formula is C45H44BNO2. The zero-order valence-corrected chi connectivity index (χ0v) is 29.5. The number of benzene rings is 5. The lowest BCUT2D eigenvalue weighted by atomic mass is 9.74. The third kappa shape index (κ3) is 5.69. The van der Waals surface area contributed by atoms with Gasteiger partial charge in [0.2, 0.25) is 0 Å². The molecule has 0 bridgehead atoms. The normalized spacial score (nSPS) is 16.9. The van der Waals surface area contributed by atoms with E-state index in [1.165, 1.54) is 33.4 Å². The van der Waals surface area contributed by atoms with Gasteiger partial charge in [-0.05, 0) is 114 Å². The van der Waals surface area contributed by atoms with E-state index in [0.717, 1.165) is 33.7 Å². The lowest BCUT2D eigenvalue weighted by Gasteiger charge is -2.32. The highest BCUT2D eigenvalue weighted by Crippen LogP contribution is 2.51. The van der Waals surface area contributed by atoms with E-state index in [9.17, 15) is 0 Å². The Balaban J connectivity index is 1.29. The molecule has 244 valence electrons. The molecule has 1 aliphatic heterocycles. The molecule has 4 heteroatoms. The van der Waals surface area contributed by atoms with E-state index in [2.05, 4.69) is 175 Å². The van der Waals surface area contributed by atoms with Crippen LogP contribution in [0.4, 0.5) is 17.1 Å². The predicted octanol–water partition coefficient (Wildman–Crippen LogP) is 11.2. The molecule has 0 spiro atoms. The summed E-state index contributed by atoms with van der Waals surface area (Å²) in [5, 5.41) is 0. The number of rotatable bonds is 8.